The highest BCUT2D eigenvalue weighted by Gasteiger charge is 2.21. The van der Waals surface area contributed by atoms with Gasteiger partial charge in [0, 0.05) is 13.1 Å². The van der Waals surface area contributed by atoms with Crippen LogP contribution in [0.2, 0.25) is 0 Å². The van der Waals surface area contributed by atoms with Gasteiger partial charge in [0.05, 0.1) is 36.8 Å². The number of ether oxygens (including phenoxy) is 1. The molecule has 0 amide bonds. The van der Waals surface area contributed by atoms with Crippen molar-refractivity contribution in [3.05, 3.63) is 65.2 Å². The lowest BCUT2D eigenvalue weighted by Crippen LogP contribution is -2.36. The topological polar surface area (TPSA) is 82.4 Å². The minimum atomic E-state index is -3.30. The van der Waals surface area contributed by atoms with Crippen LogP contribution in [0.25, 0.3) is 0 Å². The van der Waals surface area contributed by atoms with E-state index >= 15 is 0 Å². The molecule has 29 heavy (non-hydrogen) atoms. The lowest BCUT2D eigenvalue weighted by molar-refractivity contribution is 0.0497. The first-order chi connectivity index (χ1) is 13.9. The van der Waals surface area contributed by atoms with Crippen LogP contribution in [0.3, 0.4) is 0 Å². The van der Waals surface area contributed by atoms with E-state index in [1.807, 2.05) is 42.5 Å². The molecule has 0 aromatic heterocycles. The molecule has 0 radical (unpaired) electrons. The van der Waals surface area contributed by atoms with Crippen LogP contribution >= 0.6 is 0 Å². The summed E-state index contributed by atoms with van der Waals surface area (Å²) in [5.74, 6) is 0.456. The summed E-state index contributed by atoms with van der Waals surface area (Å²) >= 11 is 0. The monoisotopic (exact) mass is 413 g/mol. The van der Waals surface area contributed by atoms with Gasteiger partial charge in [-0.1, -0.05) is 30.3 Å². The van der Waals surface area contributed by atoms with Gasteiger partial charge in [-0.05, 0) is 54.6 Å². The first kappa shape index (κ1) is 21.3. The lowest BCUT2D eigenvalue weighted by Gasteiger charge is -2.33. The predicted octanol–water partition coefficient (Wildman–Crippen LogP) is 3.36. The summed E-state index contributed by atoms with van der Waals surface area (Å²) in [6.45, 7) is 3.88. The smallest absolute Gasteiger partial charge is 0.229 e. The Balaban J connectivity index is 1.51. The lowest BCUT2D eigenvalue weighted by atomic mass is 9.98. The molecule has 0 aliphatic carbocycles. The van der Waals surface area contributed by atoms with Crippen molar-refractivity contribution in [2.24, 2.45) is 5.92 Å². The fraction of sp³-hybridized carbons (Fsp3) is 0.409. The summed E-state index contributed by atoms with van der Waals surface area (Å²) in [6.07, 6.45) is 3.41. The van der Waals surface area contributed by atoms with E-state index in [0.717, 1.165) is 37.1 Å². The highest BCUT2D eigenvalue weighted by Crippen LogP contribution is 2.23. The Morgan fingerprint density at radius 3 is 2.69 bits per heavy atom. The van der Waals surface area contributed by atoms with E-state index in [1.165, 1.54) is 6.26 Å². The maximum absolute atomic E-state index is 11.6. The fourth-order valence-electron chi connectivity index (χ4n) is 3.65. The molecule has 1 atom stereocenters. The van der Waals surface area contributed by atoms with Crippen molar-refractivity contribution in [3.63, 3.8) is 0 Å². The van der Waals surface area contributed by atoms with Crippen LogP contribution in [0.1, 0.15) is 29.5 Å². The number of likely N-dealkylation sites (tertiary alicyclic amines) is 1. The second-order valence-electron chi connectivity index (χ2n) is 7.60. The van der Waals surface area contributed by atoms with E-state index in [1.54, 1.807) is 6.07 Å². The van der Waals surface area contributed by atoms with Crippen molar-refractivity contribution < 1.29 is 13.2 Å². The molecule has 7 heteroatoms. The van der Waals surface area contributed by atoms with Crippen LogP contribution in [0, 0.1) is 17.2 Å². The summed E-state index contributed by atoms with van der Waals surface area (Å²) in [4.78, 5) is 2.36. The Kier molecular flexibility index (Phi) is 7.26. The average Bonchev–Trinajstić information content (AvgIpc) is 2.69. The van der Waals surface area contributed by atoms with E-state index < -0.39 is 10.0 Å². The molecule has 1 unspecified atom stereocenters. The fourth-order valence-corrected chi connectivity index (χ4v) is 4.25. The average molecular weight is 414 g/mol. The third kappa shape index (κ3) is 6.86. The Bertz CT molecular complexity index is 952. The molecule has 1 aliphatic heterocycles. The molecule has 6 nitrogen and oxygen atoms in total. The van der Waals surface area contributed by atoms with E-state index in [2.05, 4.69) is 15.7 Å². The molecule has 2 aromatic rings. The number of rotatable bonds is 8. The van der Waals surface area contributed by atoms with Gasteiger partial charge in [0.15, 0.2) is 0 Å². The number of benzene rings is 2. The van der Waals surface area contributed by atoms with Gasteiger partial charge < -0.3 is 4.74 Å². The van der Waals surface area contributed by atoms with Gasteiger partial charge in [-0.2, -0.15) is 5.26 Å². The van der Waals surface area contributed by atoms with Gasteiger partial charge in [0.1, 0.15) is 0 Å². The normalized spacial score (nSPS) is 17.6. The zero-order valence-corrected chi connectivity index (χ0v) is 17.5. The molecule has 0 spiro atoms. The highest BCUT2D eigenvalue weighted by molar-refractivity contribution is 7.92. The molecule has 154 valence electrons. The first-order valence-corrected chi connectivity index (χ1v) is 11.7. The number of hydrogen-bond donors (Lipinski definition) is 1. The molecule has 0 saturated carbocycles. The number of hydrogen-bond acceptors (Lipinski definition) is 5. The zero-order chi connectivity index (χ0) is 20.7. The Hall–Kier alpha value is -2.40. The van der Waals surface area contributed by atoms with Gasteiger partial charge in [-0.25, -0.2) is 8.42 Å². The standard InChI is InChI=1S/C22H27N3O3S/c1-29(26,27)24-22-7-3-2-6-21(22)15-25-12-4-5-20(14-25)17-28-16-19-10-8-18(13-23)9-11-19/h2-3,6-11,20,24H,4-5,12,14-17H2,1H3. The van der Waals surface area contributed by atoms with E-state index in [4.69, 9.17) is 10.00 Å². The van der Waals surface area contributed by atoms with Crippen molar-refractivity contribution in [3.8, 4) is 6.07 Å². The van der Waals surface area contributed by atoms with Crippen LogP contribution < -0.4 is 4.72 Å². The molecular formula is C22H27N3O3S. The molecule has 1 heterocycles. The molecule has 2 aromatic carbocycles. The molecule has 1 fully saturated rings. The minimum absolute atomic E-state index is 0.456. The van der Waals surface area contributed by atoms with Crippen molar-refractivity contribution in [1.29, 1.82) is 5.26 Å². The number of nitrogens with zero attached hydrogens (tertiary/aromatic N) is 2. The Labute approximate surface area is 173 Å². The SMILES string of the molecule is CS(=O)(=O)Nc1ccccc1CN1CCCC(COCc2ccc(C#N)cc2)C1. The van der Waals surface area contributed by atoms with Gasteiger partial charge in [0.25, 0.3) is 0 Å². The number of anilines is 1. The minimum Gasteiger partial charge on any atom is -0.376 e. The second-order valence-corrected chi connectivity index (χ2v) is 9.35. The summed E-state index contributed by atoms with van der Waals surface area (Å²) in [5.41, 5.74) is 3.35. The Morgan fingerprint density at radius 1 is 1.21 bits per heavy atom. The van der Waals surface area contributed by atoms with Gasteiger partial charge in [-0.15, -0.1) is 0 Å². The van der Waals surface area contributed by atoms with Gasteiger partial charge >= 0.3 is 0 Å². The highest BCUT2D eigenvalue weighted by atomic mass is 32.2. The van der Waals surface area contributed by atoms with E-state index in [0.29, 0.717) is 36.9 Å². The van der Waals surface area contributed by atoms with Crippen LogP contribution in [0.15, 0.2) is 48.5 Å². The maximum atomic E-state index is 11.6. The molecule has 3 rings (SSSR count). The number of nitrogens with one attached hydrogen (secondary N) is 1. The van der Waals surface area contributed by atoms with Gasteiger partial charge in [-0.3, -0.25) is 9.62 Å². The van der Waals surface area contributed by atoms with Gasteiger partial charge in [0.2, 0.25) is 10.0 Å². The number of piperidine rings is 1. The summed E-state index contributed by atoms with van der Waals surface area (Å²) in [7, 11) is -3.30. The van der Waals surface area contributed by atoms with E-state index in [9.17, 15) is 8.42 Å². The summed E-state index contributed by atoms with van der Waals surface area (Å²) in [5, 5.41) is 8.86. The maximum Gasteiger partial charge on any atom is 0.229 e. The third-order valence-corrected chi connectivity index (χ3v) is 5.61. The predicted molar refractivity (Wildman–Crippen MR) is 114 cm³/mol. The number of nitriles is 1. The molecule has 1 aliphatic rings. The van der Waals surface area contributed by atoms with Crippen molar-refractivity contribution in [1.82, 2.24) is 4.90 Å². The number of para-hydroxylation sites is 1. The first-order valence-electron chi connectivity index (χ1n) is 9.78. The quantitative estimate of drug-likeness (QED) is 0.718. The Morgan fingerprint density at radius 2 is 1.97 bits per heavy atom. The second kappa shape index (κ2) is 9.88. The molecule has 0 bridgehead atoms. The summed E-state index contributed by atoms with van der Waals surface area (Å²) in [6, 6.07) is 17.1. The largest absolute Gasteiger partial charge is 0.376 e. The van der Waals surface area contributed by atoms with Crippen LogP contribution in [0.4, 0.5) is 5.69 Å². The zero-order valence-electron chi connectivity index (χ0n) is 16.7. The van der Waals surface area contributed by atoms with Crippen LogP contribution in [0.5, 0.6) is 0 Å². The van der Waals surface area contributed by atoms with E-state index in [-0.39, 0.29) is 0 Å². The molecular weight excluding hydrogens is 386 g/mol. The van der Waals surface area contributed by atoms with Crippen molar-refractivity contribution in [2.75, 3.05) is 30.7 Å². The molecule has 1 saturated heterocycles. The number of sulfonamides is 1. The van der Waals surface area contributed by atoms with Crippen LogP contribution in [-0.4, -0.2) is 39.3 Å². The summed E-state index contributed by atoms with van der Waals surface area (Å²) < 4.78 is 31.8. The third-order valence-electron chi connectivity index (χ3n) is 5.02. The molecule has 1 N–H and O–H groups in total. The van der Waals surface area contributed by atoms with Crippen LogP contribution in [-0.2, 0) is 27.9 Å². The van der Waals surface area contributed by atoms with Crippen molar-refractivity contribution >= 4 is 15.7 Å². The van der Waals surface area contributed by atoms with Crippen molar-refractivity contribution in [2.45, 2.75) is 26.0 Å².